The van der Waals surface area contributed by atoms with Gasteiger partial charge in [-0.2, -0.15) is 5.10 Å². The number of rotatable bonds is 8. The summed E-state index contributed by atoms with van der Waals surface area (Å²) in [7, 11) is 1.60. The van der Waals surface area contributed by atoms with Gasteiger partial charge in [-0.05, 0) is 42.0 Å². The summed E-state index contributed by atoms with van der Waals surface area (Å²) in [6.45, 7) is 0.371. The molecular weight excluding hydrogens is 420 g/mol. The molecule has 166 valence electrons. The van der Waals surface area contributed by atoms with Crippen LogP contribution in [0, 0.1) is 10.1 Å². The number of nitro benzene ring substituents is 1. The first-order valence-corrected chi connectivity index (χ1v) is 10.3. The van der Waals surface area contributed by atoms with Gasteiger partial charge in [0.2, 0.25) is 5.91 Å². The molecule has 0 unspecified atom stereocenters. The van der Waals surface area contributed by atoms with Crippen molar-refractivity contribution in [2.45, 2.75) is 13.0 Å². The summed E-state index contributed by atoms with van der Waals surface area (Å²) in [5, 5.41) is 18.6. The van der Waals surface area contributed by atoms with Crippen LogP contribution in [0.25, 0.3) is 16.9 Å². The number of hydrogen-bond acceptors (Lipinski definition) is 5. The predicted molar refractivity (Wildman–Crippen MR) is 124 cm³/mol. The Morgan fingerprint density at radius 1 is 1.06 bits per heavy atom. The second-order valence-electron chi connectivity index (χ2n) is 7.39. The van der Waals surface area contributed by atoms with Crippen LogP contribution in [-0.4, -0.2) is 27.7 Å². The van der Waals surface area contributed by atoms with E-state index in [1.54, 1.807) is 23.9 Å². The van der Waals surface area contributed by atoms with Gasteiger partial charge < -0.3 is 10.1 Å². The third-order valence-electron chi connectivity index (χ3n) is 5.14. The monoisotopic (exact) mass is 442 g/mol. The quantitative estimate of drug-likeness (QED) is 0.324. The van der Waals surface area contributed by atoms with Crippen molar-refractivity contribution in [2.24, 2.45) is 0 Å². The van der Waals surface area contributed by atoms with Crippen molar-refractivity contribution in [3.05, 3.63) is 106 Å². The van der Waals surface area contributed by atoms with E-state index < -0.39 is 4.92 Å². The molecule has 0 bridgehead atoms. The molecule has 1 N–H and O–H groups in total. The first-order valence-electron chi connectivity index (χ1n) is 10.3. The highest BCUT2D eigenvalue weighted by molar-refractivity contribution is 5.81. The number of ether oxygens (including phenoxy) is 1. The summed E-state index contributed by atoms with van der Waals surface area (Å²) >= 11 is 0. The topological polar surface area (TPSA) is 99.3 Å². The molecule has 0 radical (unpaired) electrons. The highest BCUT2D eigenvalue weighted by Crippen LogP contribution is 2.26. The van der Waals surface area contributed by atoms with Crippen LogP contribution in [0.5, 0.6) is 5.75 Å². The predicted octanol–water partition coefficient (Wildman–Crippen LogP) is 4.32. The average molecular weight is 442 g/mol. The van der Waals surface area contributed by atoms with E-state index >= 15 is 0 Å². The molecule has 0 aliphatic carbocycles. The molecule has 0 spiro atoms. The number of carbonyl (C=O) groups excluding carboxylic acids is 1. The Morgan fingerprint density at radius 3 is 2.52 bits per heavy atom. The van der Waals surface area contributed by atoms with Crippen LogP contribution in [-0.2, 0) is 17.8 Å². The van der Waals surface area contributed by atoms with Crippen LogP contribution in [0.15, 0.2) is 85.1 Å². The zero-order valence-electron chi connectivity index (χ0n) is 18.0. The maximum absolute atomic E-state index is 12.7. The van der Waals surface area contributed by atoms with Crippen molar-refractivity contribution < 1.29 is 14.5 Å². The molecule has 8 nitrogen and oxygen atoms in total. The lowest BCUT2D eigenvalue weighted by Crippen LogP contribution is -2.24. The smallest absolute Gasteiger partial charge is 0.269 e. The van der Waals surface area contributed by atoms with Gasteiger partial charge in [0, 0.05) is 36.0 Å². The number of non-ortho nitro benzene ring substituents is 1. The lowest BCUT2D eigenvalue weighted by molar-refractivity contribution is -0.384. The van der Waals surface area contributed by atoms with Gasteiger partial charge in [-0.25, -0.2) is 4.68 Å². The van der Waals surface area contributed by atoms with E-state index in [1.165, 1.54) is 12.1 Å². The van der Waals surface area contributed by atoms with Crippen LogP contribution in [0.1, 0.15) is 11.1 Å². The van der Waals surface area contributed by atoms with E-state index in [0.717, 1.165) is 22.6 Å². The maximum atomic E-state index is 12.7. The third-order valence-corrected chi connectivity index (χ3v) is 5.14. The number of para-hydroxylation sites is 1. The van der Waals surface area contributed by atoms with Crippen LogP contribution in [0.3, 0.4) is 0 Å². The molecule has 0 aliphatic rings. The van der Waals surface area contributed by atoms with Gasteiger partial charge >= 0.3 is 0 Å². The minimum Gasteiger partial charge on any atom is -0.497 e. The summed E-state index contributed by atoms with van der Waals surface area (Å²) in [5.74, 6) is 0.569. The van der Waals surface area contributed by atoms with E-state index in [2.05, 4.69) is 10.4 Å². The standard InChI is InChI=1S/C25H22N4O4/c1-33-23-9-5-6-18(14-23)16-26-24(30)15-20-17-28(21-7-3-2-4-8-21)27-25(20)19-10-12-22(13-11-19)29(31)32/h2-14,17H,15-16H2,1H3,(H,26,30). The summed E-state index contributed by atoms with van der Waals surface area (Å²) in [6.07, 6.45) is 1.93. The van der Waals surface area contributed by atoms with Gasteiger partial charge in [0.1, 0.15) is 5.75 Å². The minimum atomic E-state index is -0.445. The number of benzene rings is 3. The second kappa shape index (κ2) is 9.78. The number of nitrogens with one attached hydrogen (secondary N) is 1. The number of methoxy groups -OCH3 is 1. The molecule has 0 aliphatic heterocycles. The highest BCUT2D eigenvalue weighted by Gasteiger charge is 2.16. The number of nitrogens with zero attached hydrogens (tertiary/aromatic N) is 3. The molecule has 3 aromatic carbocycles. The molecule has 0 atom stereocenters. The second-order valence-corrected chi connectivity index (χ2v) is 7.39. The summed E-state index contributed by atoms with van der Waals surface area (Å²) in [5.41, 5.74) is 3.80. The molecule has 0 saturated carbocycles. The number of aromatic nitrogens is 2. The Hall–Kier alpha value is -4.46. The van der Waals surface area contributed by atoms with E-state index in [1.807, 2.05) is 60.8 Å². The Morgan fingerprint density at radius 2 is 1.82 bits per heavy atom. The Balaban J connectivity index is 1.58. The fraction of sp³-hybridized carbons (Fsp3) is 0.120. The molecule has 8 heteroatoms. The molecule has 0 saturated heterocycles. The van der Waals surface area contributed by atoms with Crippen molar-refractivity contribution in [1.29, 1.82) is 0 Å². The van der Waals surface area contributed by atoms with E-state index in [9.17, 15) is 14.9 Å². The normalized spacial score (nSPS) is 10.6. The van der Waals surface area contributed by atoms with Crippen LogP contribution in [0.4, 0.5) is 5.69 Å². The maximum Gasteiger partial charge on any atom is 0.269 e. The highest BCUT2D eigenvalue weighted by atomic mass is 16.6. The fourth-order valence-corrected chi connectivity index (χ4v) is 3.45. The van der Waals surface area contributed by atoms with E-state index in [-0.39, 0.29) is 18.0 Å². The largest absolute Gasteiger partial charge is 0.497 e. The number of hydrogen-bond donors (Lipinski definition) is 1. The van der Waals surface area contributed by atoms with Crippen LogP contribution in [0.2, 0.25) is 0 Å². The first-order chi connectivity index (χ1) is 16.0. The zero-order valence-corrected chi connectivity index (χ0v) is 18.0. The SMILES string of the molecule is COc1cccc(CNC(=O)Cc2cn(-c3ccccc3)nc2-c2ccc([N+](=O)[O-])cc2)c1. The van der Waals surface area contributed by atoms with Crippen molar-refractivity contribution in [2.75, 3.05) is 7.11 Å². The number of amides is 1. The molecule has 1 aromatic heterocycles. The molecule has 4 aromatic rings. The molecule has 4 rings (SSSR count). The minimum absolute atomic E-state index is 0.00109. The molecular formula is C25H22N4O4. The number of carbonyl (C=O) groups is 1. The van der Waals surface area contributed by atoms with Crippen LogP contribution < -0.4 is 10.1 Å². The number of nitro groups is 1. The van der Waals surface area contributed by atoms with Gasteiger partial charge in [-0.3, -0.25) is 14.9 Å². The van der Waals surface area contributed by atoms with Crippen molar-refractivity contribution in [1.82, 2.24) is 15.1 Å². The molecule has 0 fully saturated rings. The lowest BCUT2D eigenvalue weighted by Gasteiger charge is -2.07. The van der Waals surface area contributed by atoms with Crippen molar-refractivity contribution in [3.8, 4) is 22.7 Å². The van der Waals surface area contributed by atoms with Gasteiger partial charge in [-0.15, -0.1) is 0 Å². The van der Waals surface area contributed by atoms with E-state index in [0.29, 0.717) is 17.8 Å². The van der Waals surface area contributed by atoms with Crippen molar-refractivity contribution in [3.63, 3.8) is 0 Å². The summed E-state index contributed by atoms with van der Waals surface area (Å²) in [4.78, 5) is 23.3. The van der Waals surface area contributed by atoms with Gasteiger partial charge in [0.25, 0.3) is 5.69 Å². The Bertz CT molecular complexity index is 1270. The average Bonchev–Trinajstić information content (AvgIpc) is 3.27. The summed E-state index contributed by atoms with van der Waals surface area (Å²) < 4.78 is 6.93. The zero-order chi connectivity index (χ0) is 23.2. The molecule has 1 amide bonds. The van der Waals surface area contributed by atoms with Crippen molar-refractivity contribution >= 4 is 11.6 Å². The Labute approximate surface area is 190 Å². The lowest BCUT2D eigenvalue weighted by atomic mass is 10.1. The summed E-state index contributed by atoms with van der Waals surface area (Å²) in [6, 6.07) is 23.2. The van der Waals surface area contributed by atoms with Gasteiger partial charge in [0.05, 0.1) is 29.8 Å². The Kier molecular flexibility index (Phi) is 6.45. The first kappa shape index (κ1) is 21.8. The van der Waals surface area contributed by atoms with E-state index in [4.69, 9.17) is 4.74 Å². The third kappa shape index (κ3) is 5.24. The molecule has 1 heterocycles. The molecule has 33 heavy (non-hydrogen) atoms. The van der Waals surface area contributed by atoms with Gasteiger partial charge in [0.15, 0.2) is 0 Å². The fourth-order valence-electron chi connectivity index (χ4n) is 3.45. The van der Waals surface area contributed by atoms with Gasteiger partial charge in [-0.1, -0.05) is 30.3 Å². The van der Waals surface area contributed by atoms with Crippen LogP contribution >= 0.6 is 0 Å².